The summed E-state index contributed by atoms with van der Waals surface area (Å²) in [7, 11) is 0. The molecular formula is C18H26FNO3. The van der Waals surface area contributed by atoms with E-state index in [9.17, 15) is 14.3 Å². The average Bonchev–Trinajstić information content (AvgIpc) is 2.55. The summed E-state index contributed by atoms with van der Waals surface area (Å²) >= 11 is 0. The van der Waals surface area contributed by atoms with Crippen molar-refractivity contribution in [3.8, 4) is 0 Å². The van der Waals surface area contributed by atoms with Gasteiger partial charge in [0.2, 0.25) is 5.91 Å². The molecule has 1 aromatic rings. The fraction of sp³-hybridized carbons (Fsp3) is 0.611. The van der Waals surface area contributed by atoms with E-state index < -0.39 is 12.1 Å². The van der Waals surface area contributed by atoms with Crippen LogP contribution in [0.1, 0.15) is 51.2 Å². The Balaban J connectivity index is 1.89. The van der Waals surface area contributed by atoms with Gasteiger partial charge in [0.1, 0.15) is 5.82 Å². The van der Waals surface area contributed by atoms with E-state index in [4.69, 9.17) is 4.74 Å². The van der Waals surface area contributed by atoms with Gasteiger partial charge in [0.05, 0.1) is 18.2 Å². The molecule has 2 rings (SSSR count). The van der Waals surface area contributed by atoms with Crippen LogP contribution in [0.5, 0.6) is 0 Å². The zero-order valence-corrected chi connectivity index (χ0v) is 13.8. The lowest BCUT2D eigenvalue weighted by molar-refractivity contribution is -0.131. The molecule has 1 amide bonds. The number of rotatable bonds is 6. The summed E-state index contributed by atoms with van der Waals surface area (Å²) in [6.07, 6.45) is 2.76. The fourth-order valence-corrected chi connectivity index (χ4v) is 3.01. The van der Waals surface area contributed by atoms with Crippen LogP contribution >= 0.6 is 0 Å². The molecular weight excluding hydrogens is 297 g/mol. The van der Waals surface area contributed by atoms with Gasteiger partial charge in [-0.1, -0.05) is 25.5 Å². The minimum absolute atomic E-state index is 0.0388. The molecule has 23 heavy (non-hydrogen) atoms. The Kier molecular flexibility index (Phi) is 6.54. The molecule has 1 aliphatic heterocycles. The standard InChI is InChI=1S/C18H26FNO3/c1-3-4-16-11-14(9-10-23-16)18(22)20-12(2)17(21)13-5-7-15(19)8-6-13/h5-8,12,14,16-17,21H,3-4,9-11H2,1-2H3,(H,20,22). The Bertz CT molecular complexity index is 503. The van der Waals surface area contributed by atoms with Gasteiger partial charge in [0, 0.05) is 12.5 Å². The number of hydrogen-bond donors (Lipinski definition) is 2. The van der Waals surface area contributed by atoms with E-state index in [2.05, 4.69) is 12.2 Å². The van der Waals surface area contributed by atoms with Crippen LogP contribution in [0, 0.1) is 11.7 Å². The molecule has 0 saturated carbocycles. The molecule has 0 spiro atoms. The van der Waals surface area contributed by atoms with E-state index in [1.54, 1.807) is 6.92 Å². The van der Waals surface area contributed by atoms with Gasteiger partial charge in [-0.2, -0.15) is 0 Å². The van der Waals surface area contributed by atoms with Crippen molar-refractivity contribution in [2.75, 3.05) is 6.61 Å². The molecule has 0 bridgehead atoms. The highest BCUT2D eigenvalue weighted by molar-refractivity contribution is 5.79. The molecule has 1 aliphatic rings. The monoisotopic (exact) mass is 323 g/mol. The van der Waals surface area contributed by atoms with Gasteiger partial charge < -0.3 is 15.2 Å². The lowest BCUT2D eigenvalue weighted by Gasteiger charge is -2.30. The van der Waals surface area contributed by atoms with Crippen molar-refractivity contribution in [3.05, 3.63) is 35.6 Å². The number of aliphatic hydroxyl groups is 1. The van der Waals surface area contributed by atoms with Crippen LogP contribution in [0.15, 0.2) is 24.3 Å². The number of halogens is 1. The predicted octanol–water partition coefficient (Wildman–Crippen LogP) is 2.96. The summed E-state index contributed by atoms with van der Waals surface area (Å²) < 4.78 is 18.6. The second-order valence-electron chi connectivity index (χ2n) is 6.30. The molecule has 0 aliphatic carbocycles. The summed E-state index contributed by atoms with van der Waals surface area (Å²) in [5.74, 6) is -0.451. The van der Waals surface area contributed by atoms with Gasteiger partial charge >= 0.3 is 0 Å². The third kappa shape index (κ3) is 5.01. The SMILES string of the molecule is CCCC1CC(C(=O)NC(C)C(O)c2ccc(F)cc2)CCO1. The third-order valence-electron chi connectivity index (χ3n) is 4.40. The maximum Gasteiger partial charge on any atom is 0.223 e. The van der Waals surface area contributed by atoms with Crippen molar-refractivity contribution in [1.29, 1.82) is 0 Å². The molecule has 5 heteroatoms. The highest BCUT2D eigenvalue weighted by Gasteiger charge is 2.29. The molecule has 0 aromatic heterocycles. The molecule has 1 saturated heterocycles. The molecule has 0 radical (unpaired) electrons. The van der Waals surface area contributed by atoms with Crippen molar-refractivity contribution < 1.29 is 19.0 Å². The second kappa shape index (κ2) is 8.41. The van der Waals surface area contributed by atoms with Crippen LogP contribution < -0.4 is 5.32 Å². The Labute approximate surface area is 137 Å². The summed E-state index contributed by atoms with van der Waals surface area (Å²) in [5.41, 5.74) is 0.593. The maximum atomic E-state index is 12.9. The van der Waals surface area contributed by atoms with Gasteiger partial charge in [0.25, 0.3) is 0 Å². The van der Waals surface area contributed by atoms with Crippen LogP contribution in [-0.2, 0) is 9.53 Å². The van der Waals surface area contributed by atoms with E-state index >= 15 is 0 Å². The largest absolute Gasteiger partial charge is 0.386 e. The Hall–Kier alpha value is -1.46. The van der Waals surface area contributed by atoms with Crippen molar-refractivity contribution in [2.45, 2.75) is 57.8 Å². The number of ether oxygens (including phenoxy) is 1. The van der Waals surface area contributed by atoms with E-state index in [1.807, 2.05) is 0 Å². The molecule has 4 unspecified atom stereocenters. The minimum Gasteiger partial charge on any atom is -0.386 e. The van der Waals surface area contributed by atoms with Gasteiger partial charge in [-0.15, -0.1) is 0 Å². The van der Waals surface area contributed by atoms with E-state index in [0.29, 0.717) is 18.6 Å². The highest BCUT2D eigenvalue weighted by Crippen LogP contribution is 2.24. The average molecular weight is 323 g/mol. The number of amides is 1. The number of benzene rings is 1. The van der Waals surface area contributed by atoms with Gasteiger partial charge in [-0.25, -0.2) is 4.39 Å². The molecule has 1 aromatic carbocycles. The fourth-order valence-electron chi connectivity index (χ4n) is 3.01. The Morgan fingerprint density at radius 3 is 2.78 bits per heavy atom. The Morgan fingerprint density at radius 2 is 2.13 bits per heavy atom. The molecule has 2 N–H and O–H groups in total. The number of carbonyl (C=O) groups is 1. The third-order valence-corrected chi connectivity index (χ3v) is 4.40. The van der Waals surface area contributed by atoms with Gasteiger partial charge in [-0.05, 0) is 43.9 Å². The van der Waals surface area contributed by atoms with Crippen LogP contribution in [0.25, 0.3) is 0 Å². The first-order valence-electron chi connectivity index (χ1n) is 8.36. The highest BCUT2D eigenvalue weighted by atomic mass is 19.1. The number of carbonyl (C=O) groups excluding carboxylic acids is 1. The zero-order valence-electron chi connectivity index (χ0n) is 13.8. The number of hydrogen-bond acceptors (Lipinski definition) is 3. The quantitative estimate of drug-likeness (QED) is 0.846. The zero-order chi connectivity index (χ0) is 16.8. The normalized spacial score (nSPS) is 24.0. The first-order valence-corrected chi connectivity index (χ1v) is 8.36. The number of aliphatic hydroxyl groups excluding tert-OH is 1. The molecule has 4 atom stereocenters. The van der Waals surface area contributed by atoms with Crippen molar-refractivity contribution in [3.63, 3.8) is 0 Å². The first-order chi connectivity index (χ1) is 11.0. The summed E-state index contributed by atoms with van der Waals surface area (Å²) in [6.45, 7) is 4.47. The predicted molar refractivity (Wildman–Crippen MR) is 86.3 cm³/mol. The summed E-state index contributed by atoms with van der Waals surface area (Å²) in [4.78, 5) is 12.4. The van der Waals surface area contributed by atoms with Gasteiger partial charge in [0.15, 0.2) is 0 Å². The van der Waals surface area contributed by atoms with E-state index in [0.717, 1.165) is 19.3 Å². The van der Waals surface area contributed by atoms with Crippen LogP contribution in [0.4, 0.5) is 4.39 Å². The van der Waals surface area contributed by atoms with Gasteiger partial charge in [-0.3, -0.25) is 4.79 Å². The van der Waals surface area contributed by atoms with Crippen molar-refractivity contribution in [2.24, 2.45) is 5.92 Å². The van der Waals surface area contributed by atoms with Crippen molar-refractivity contribution >= 4 is 5.91 Å². The van der Waals surface area contributed by atoms with Crippen LogP contribution in [-0.4, -0.2) is 29.8 Å². The second-order valence-corrected chi connectivity index (χ2v) is 6.30. The minimum atomic E-state index is -0.856. The van der Waals surface area contributed by atoms with E-state index in [-0.39, 0.29) is 23.7 Å². The molecule has 1 fully saturated rings. The van der Waals surface area contributed by atoms with Crippen molar-refractivity contribution in [1.82, 2.24) is 5.32 Å². The Morgan fingerprint density at radius 1 is 1.43 bits per heavy atom. The molecule has 4 nitrogen and oxygen atoms in total. The lowest BCUT2D eigenvalue weighted by atomic mass is 9.92. The van der Waals surface area contributed by atoms with E-state index in [1.165, 1.54) is 24.3 Å². The topological polar surface area (TPSA) is 58.6 Å². The molecule has 128 valence electrons. The maximum absolute atomic E-state index is 12.9. The lowest BCUT2D eigenvalue weighted by Crippen LogP contribution is -2.43. The summed E-state index contributed by atoms with van der Waals surface area (Å²) in [6, 6.07) is 5.25. The first kappa shape index (κ1) is 17.9. The number of nitrogens with one attached hydrogen (secondary N) is 1. The molecule has 1 heterocycles. The van der Waals surface area contributed by atoms with Crippen LogP contribution in [0.2, 0.25) is 0 Å². The summed E-state index contributed by atoms with van der Waals surface area (Å²) in [5, 5.41) is 13.2. The smallest absolute Gasteiger partial charge is 0.223 e. The van der Waals surface area contributed by atoms with Crippen LogP contribution in [0.3, 0.4) is 0 Å².